The Labute approximate surface area is 167 Å². The van der Waals surface area contributed by atoms with E-state index in [4.69, 9.17) is 9.47 Å². The van der Waals surface area contributed by atoms with Crippen LogP contribution in [0.5, 0.6) is 0 Å². The molecule has 4 rings (SSSR count). The minimum absolute atomic E-state index is 0.167. The normalized spacial score (nSPS) is 22.5. The maximum absolute atomic E-state index is 12.5. The van der Waals surface area contributed by atoms with E-state index in [9.17, 15) is 14.4 Å². The van der Waals surface area contributed by atoms with Crippen LogP contribution in [-0.4, -0.2) is 78.6 Å². The first-order chi connectivity index (χ1) is 13.6. The number of hydrogen-bond acceptors (Lipinski definition) is 7. The van der Waals surface area contributed by atoms with Gasteiger partial charge in [0.15, 0.2) is 5.76 Å². The number of ketones is 2. The molecule has 28 heavy (non-hydrogen) atoms. The van der Waals surface area contributed by atoms with Gasteiger partial charge in [0.1, 0.15) is 6.10 Å². The summed E-state index contributed by atoms with van der Waals surface area (Å²) in [7, 11) is 0. The largest absolute Gasteiger partial charge is 0.483 e. The maximum atomic E-state index is 12.5. The fourth-order valence-corrected chi connectivity index (χ4v) is 4.79. The molecular formula is C20H22N2O5S. The van der Waals surface area contributed by atoms with Crippen LogP contribution >= 0.6 is 11.8 Å². The number of hydrogen-bond donors (Lipinski definition) is 0. The standard InChI is InChI=1S/C20H22N2O5S/c1-2-26-20(25)22-9-7-21(8-10-22)11-13-12-28-19-15-6-4-3-5-14(15)16(23)17(24)18(19)27-13/h3-6,13H,2,7-12H2,1H3. The zero-order chi connectivity index (χ0) is 19.7. The molecule has 0 bridgehead atoms. The number of benzene rings is 1. The van der Waals surface area contributed by atoms with Crippen molar-refractivity contribution < 1.29 is 23.9 Å². The lowest BCUT2D eigenvalue weighted by atomic mass is 9.94. The van der Waals surface area contributed by atoms with Crippen molar-refractivity contribution in [3.05, 3.63) is 41.2 Å². The van der Waals surface area contributed by atoms with Crippen molar-refractivity contribution in [1.82, 2.24) is 9.80 Å². The van der Waals surface area contributed by atoms with Crippen LogP contribution in [-0.2, 0) is 14.3 Å². The monoisotopic (exact) mass is 402 g/mol. The molecule has 1 unspecified atom stereocenters. The topological polar surface area (TPSA) is 76.2 Å². The van der Waals surface area contributed by atoms with E-state index in [0.717, 1.165) is 23.6 Å². The number of piperazine rings is 1. The zero-order valence-corrected chi connectivity index (χ0v) is 16.5. The molecule has 7 nitrogen and oxygen atoms in total. The van der Waals surface area contributed by atoms with Gasteiger partial charge in [0.05, 0.1) is 11.5 Å². The van der Waals surface area contributed by atoms with Gasteiger partial charge in [-0.3, -0.25) is 14.5 Å². The molecule has 0 spiro atoms. The molecule has 0 saturated carbocycles. The zero-order valence-electron chi connectivity index (χ0n) is 15.7. The van der Waals surface area contributed by atoms with Crippen molar-refractivity contribution in [2.24, 2.45) is 0 Å². The highest BCUT2D eigenvalue weighted by atomic mass is 32.2. The molecule has 148 valence electrons. The number of amides is 1. The van der Waals surface area contributed by atoms with E-state index in [1.165, 1.54) is 0 Å². The van der Waals surface area contributed by atoms with Gasteiger partial charge >= 0.3 is 6.09 Å². The fraction of sp³-hybridized carbons (Fsp3) is 0.450. The Morgan fingerprint density at radius 1 is 1.14 bits per heavy atom. The first-order valence-electron chi connectivity index (χ1n) is 9.44. The molecule has 8 heteroatoms. The van der Waals surface area contributed by atoms with Crippen LogP contribution in [0.2, 0.25) is 0 Å². The molecule has 0 radical (unpaired) electrons. The summed E-state index contributed by atoms with van der Waals surface area (Å²) < 4.78 is 11.0. The Bertz CT molecular complexity index is 845. The highest BCUT2D eigenvalue weighted by Crippen LogP contribution is 2.42. The summed E-state index contributed by atoms with van der Waals surface area (Å²) in [5, 5.41) is 0. The molecule has 1 aromatic carbocycles. The summed E-state index contributed by atoms with van der Waals surface area (Å²) in [6.07, 6.45) is -0.439. The van der Waals surface area contributed by atoms with E-state index in [0.29, 0.717) is 37.6 Å². The van der Waals surface area contributed by atoms with Crippen molar-refractivity contribution in [1.29, 1.82) is 0 Å². The van der Waals surface area contributed by atoms with Gasteiger partial charge in [-0.05, 0) is 6.92 Å². The molecule has 2 aliphatic heterocycles. The van der Waals surface area contributed by atoms with E-state index >= 15 is 0 Å². The van der Waals surface area contributed by atoms with Gasteiger partial charge in [-0.15, -0.1) is 11.8 Å². The van der Waals surface area contributed by atoms with Gasteiger partial charge < -0.3 is 14.4 Å². The minimum Gasteiger partial charge on any atom is -0.483 e. The lowest BCUT2D eigenvalue weighted by molar-refractivity contribution is -0.116. The number of carbonyl (C=O) groups excluding carboxylic acids is 3. The third-order valence-corrected chi connectivity index (χ3v) is 6.33. The lowest BCUT2D eigenvalue weighted by Crippen LogP contribution is -2.51. The van der Waals surface area contributed by atoms with Crippen molar-refractivity contribution >= 4 is 34.3 Å². The van der Waals surface area contributed by atoms with E-state index in [1.807, 2.05) is 12.1 Å². The number of ether oxygens (including phenoxy) is 2. The first-order valence-corrected chi connectivity index (χ1v) is 10.4. The molecule has 1 atom stereocenters. The Morgan fingerprint density at radius 3 is 2.57 bits per heavy atom. The summed E-state index contributed by atoms with van der Waals surface area (Å²) in [6, 6.07) is 7.18. The Kier molecular flexibility index (Phi) is 5.41. The average molecular weight is 402 g/mol. The van der Waals surface area contributed by atoms with Gasteiger partial charge in [0, 0.05) is 49.6 Å². The highest BCUT2D eigenvalue weighted by molar-refractivity contribution is 8.08. The van der Waals surface area contributed by atoms with Crippen LogP contribution < -0.4 is 0 Å². The first kappa shape index (κ1) is 19.0. The number of rotatable bonds is 3. The van der Waals surface area contributed by atoms with Gasteiger partial charge in [-0.1, -0.05) is 24.3 Å². The third-order valence-electron chi connectivity index (χ3n) is 5.09. The van der Waals surface area contributed by atoms with Crippen LogP contribution in [0.4, 0.5) is 4.79 Å². The van der Waals surface area contributed by atoms with E-state index in [-0.39, 0.29) is 18.0 Å². The molecule has 2 heterocycles. The quantitative estimate of drug-likeness (QED) is 0.716. The number of allylic oxidation sites excluding steroid dienone is 1. The molecule has 3 aliphatic rings. The number of nitrogens with zero attached hydrogens (tertiary/aromatic N) is 2. The SMILES string of the molecule is CCOC(=O)N1CCN(CC2CSC3=C(O2)C(=O)C(=O)c2ccccc23)CC1. The fourth-order valence-electron chi connectivity index (χ4n) is 3.66. The molecule has 1 fully saturated rings. The smallest absolute Gasteiger partial charge is 0.409 e. The Balaban J connectivity index is 1.40. The second-order valence-electron chi connectivity index (χ2n) is 6.90. The van der Waals surface area contributed by atoms with E-state index in [1.54, 1.807) is 35.7 Å². The number of thioether (sulfide) groups is 1. The highest BCUT2D eigenvalue weighted by Gasteiger charge is 2.38. The van der Waals surface area contributed by atoms with E-state index in [2.05, 4.69) is 4.90 Å². The Hall–Kier alpha value is -2.32. The van der Waals surface area contributed by atoms with Crippen molar-refractivity contribution in [2.75, 3.05) is 45.1 Å². The van der Waals surface area contributed by atoms with Crippen LogP contribution in [0.3, 0.4) is 0 Å². The number of fused-ring (bicyclic) bond motifs is 2. The van der Waals surface area contributed by atoms with E-state index < -0.39 is 11.6 Å². The van der Waals surface area contributed by atoms with Crippen LogP contribution in [0.25, 0.3) is 4.91 Å². The predicted molar refractivity (Wildman–Crippen MR) is 105 cm³/mol. The summed E-state index contributed by atoms with van der Waals surface area (Å²) in [6.45, 7) is 5.50. The number of Topliss-reactive ketones (excluding diaryl/α,β-unsaturated/α-hetero) is 2. The summed E-state index contributed by atoms with van der Waals surface area (Å²) in [4.78, 5) is 41.4. The van der Waals surface area contributed by atoms with Gasteiger partial charge in [-0.25, -0.2) is 4.79 Å². The third kappa shape index (κ3) is 3.54. The molecule has 1 amide bonds. The summed E-state index contributed by atoms with van der Waals surface area (Å²) in [5.74, 6) is -0.154. The molecule has 1 saturated heterocycles. The van der Waals surface area contributed by atoms with Crippen molar-refractivity contribution in [3.8, 4) is 0 Å². The second kappa shape index (κ2) is 7.97. The second-order valence-corrected chi connectivity index (χ2v) is 7.93. The van der Waals surface area contributed by atoms with Gasteiger partial charge in [-0.2, -0.15) is 0 Å². The minimum atomic E-state index is -0.557. The molecular weight excluding hydrogens is 380 g/mol. The molecule has 0 N–H and O–H groups in total. The van der Waals surface area contributed by atoms with Crippen molar-refractivity contribution in [2.45, 2.75) is 13.0 Å². The predicted octanol–water partition coefficient (Wildman–Crippen LogP) is 2.03. The maximum Gasteiger partial charge on any atom is 0.409 e. The van der Waals surface area contributed by atoms with Crippen LogP contribution in [0, 0.1) is 0 Å². The van der Waals surface area contributed by atoms with Crippen LogP contribution in [0.1, 0.15) is 22.8 Å². The van der Waals surface area contributed by atoms with Gasteiger partial charge in [0.25, 0.3) is 5.78 Å². The summed E-state index contributed by atoms with van der Waals surface area (Å²) >= 11 is 1.57. The Morgan fingerprint density at radius 2 is 1.86 bits per heavy atom. The molecule has 1 aromatic rings. The summed E-state index contributed by atoms with van der Waals surface area (Å²) in [5.41, 5.74) is 1.24. The van der Waals surface area contributed by atoms with Crippen LogP contribution in [0.15, 0.2) is 30.0 Å². The average Bonchev–Trinajstić information content (AvgIpc) is 2.73. The molecule has 1 aliphatic carbocycles. The molecule has 0 aromatic heterocycles. The number of carbonyl (C=O) groups is 3. The van der Waals surface area contributed by atoms with Crippen molar-refractivity contribution in [3.63, 3.8) is 0 Å². The van der Waals surface area contributed by atoms with Gasteiger partial charge in [0.2, 0.25) is 5.78 Å². The lowest BCUT2D eigenvalue weighted by Gasteiger charge is -2.37.